The van der Waals surface area contributed by atoms with Crippen LogP contribution in [-0.4, -0.2) is 33.2 Å². The number of carbonyl (C=O) groups excluding carboxylic acids is 1. The van der Waals surface area contributed by atoms with Crippen molar-refractivity contribution < 1.29 is 19.2 Å². The zero-order chi connectivity index (χ0) is 16.8. The van der Waals surface area contributed by atoms with Crippen LogP contribution in [0.25, 0.3) is 11.4 Å². The van der Waals surface area contributed by atoms with Gasteiger partial charge in [0.15, 0.2) is 0 Å². The summed E-state index contributed by atoms with van der Waals surface area (Å²) in [5, 5.41) is 15.4. The highest BCUT2D eigenvalue weighted by molar-refractivity contribution is 5.83. The highest BCUT2D eigenvalue weighted by Gasteiger charge is 2.23. The molecule has 7 nitrogen and oxygen atoms in total. The average Bonchev–Trinajstić information content (AvgIpc) is 3.00. The Morgan fingerprint density at radius 2 is 1.96 bits per heavy atom. The number of aliphatic carboxylic acids is 1. The molecule has 0 saturated carbocycles. The number of carboxylic acids is 1. The number of aryl methyl sites for hydroxylation is 1. The van der Waals surface area contributed by atoms with Crippen LogP contribution in [0.15, 0.2) is 34.9 Å². The summed E-state index contributed by atoms with van der Waals surface area (Å²) < 4.78 is 5.11. The van der Waals surface area contributed by atoms with E-state index in [1.807, 2.05) is 30.3 Å². The van der Waals surface area contributed by atoms with Gasteiger partial charge in [-0.05, 0) is 5.92 Å². The van der Waals surface area contributed by atoms with Crippen LogP contribution >= 0.6 is 0 Å². The summed E-state index contributed by atoms with van der Waals surface area (Å²) in [6.45, 7) is 3.48. The number of carboxylic acid groups (broad SMARTS) is 1. The summed E-state index contributed by atoms with van der Waals surface area (Å²) in [6.07, 6.45) is 0.350. The molecule has 0 fully saturated rings. The number of carbonyl (C=O) groups is 2. The quantitative estimate of drug-likeness (QED) is 0.808. The van der Waals surface area contributed by atoms with Gasteiger partial charge >= 0.3 is 5.97 Å². The molecule has 1 heterocycles. The maximum absolute atomic E-state index is 11.8. The second-order valence-corrected chi connectivity index (χ2v) is 5.51. The number of amides is 1. The second-order valence-electron chi connectivity index (χ2n) is 5.51. The molecule has 1 aromatic carbocycles. The number of aromatic nitrogens is 2. The Balaban J connectivity index is 1.90. The van der Waals surface area contributed by atoms with E-state index in [0.29, 0.717) is 11.7 Å². The summed E-state index contributed by atoms with van der Waals surface area (Å²) in [7, 11) is 0. The van der Waals surface area contributed by atoms with Crippen molar-refractivity contribution in [2.45, 2.75) is 32.7 Å². The lowest BCUT2D eigenvalue weighted by atomic mass is 10.0. The van der Waals surface area contributed by atoms with Gasteiger partial charge in [-0.15, -0.1) is 0 Å². The number of nitrogens with one attached hydrogen (secondary N) is 1. The summed E-state index contributed by atoms with van der Waals surface area (Å²) in [6, 6.07) is 8.46. The molecule has 0 spiro atoms. The van der Waals surface area contributed by atoms with E-state index in [2.05, 4.69) is 15.5 Å². The van der Waals surface area contributed by atoms with E-state index in [4.69, 9.17) is 9.63 Å². The molecule has 0 radical (unpaired) electrons. The van der Waals surface area contributed by atoms with E-state index < -0.39 is 12.0 Å². The maximum atomic E-state index is 11.8. The zero-order valence-corrected chi connectivity index (χ0v) is 13.0. The van der Waals surface area contributed by atoms with E-state index >= 15 is 0 Å². The summed E-state index contributed by atoms with van der Waals surface area (Å²) in [4.78, 5) is 27.1. The Morgan fingerprint density at radius 3 is 2.57 bits per heavy atom. The Bertz CT molecular complexity index is 667. The predicted molar refractivity (Wildman–Crippen MR) is 82.5 cm³/mol. The van der Waals surface area contributed by atoms with Gasteiger partial charge in [-0.1, -0.05) is 49.3 Å². The topological polar surface area (TPSA) is 105 Å². The number of rotatable bonds is 7. The Kier molecular flexibility index (Phi) is 5.46. The fraction of sp³-hybridized carbons (Fsp3) is 0.375. The molecular formula is C16H19N3O4. The first-order chi connectivity index (χ1) is 11.0. The molecule has 0 bridgehead atoms. The largest absolute Gasteiger partial charge is 0.480 e. The lowest BCUT2D eigenvalue weighted by Crippen LogP contribution is -2.44. The van der Waals surface area contributed by atoms with E-state index in [1.165, 1.54) is 0 Å². The van der Waals surface area contributed by atoms with Gasteiger partial charge in [0, 0.05) is 18.4 Å². The van der Waals surface area contributed by atoms with Crippen molar-refractivity contribution in [2.24, 2.45) is 5.92 Å². The summed E-state index contributed by atoms with van der Waals surface area (Å²) in [5.41, 5.74) is 0.831. The SMILES string of the molecule is CC(C)C(NC(=O)CCc1nc(-c2ccccc2)no1)C(=O)O. The molecule has 7 heteroatoms. The zero-order valence-electron chi connectivity index (χ0n) is 13.0. The number of hydrogen-bond acceptors (Lipinski definition) is 5. The third kappa shape index (κ3) is 4.64. The molecule has 2 rings (SSSR count). The molecule has 23 heavy (non-hydrogen) atoms. The van der Waals surface area contributed by atoms with Crippen LogP contribution in [0, 0.1) is 5.92 Å². The lowest BCUT2D eigenvalue weighted by Gasteiger charge is -2.17. The van der Waals surface area contributed by atoms with Crippen LogP contribution in [0.3, 0.4) is 0 Å². The van der Waals surface area contributed by atoms with Crippen LogP contribution in [0.2, 0.25) is 0 Å². The molecule has 0 aliphatic rings. The molecule has 0 aliphatic heterocycles. The van der Waals surface area contributed by atoms with E-state index in [0.717, 1.165) is 5.56 Å². The van der Waals surface area contributed by atoms with Gasteiger partial charge in [-0.25, -0.2) is 4.79 Å². The third-order valence-corrected chi connectivity index (χ3v) is 3.32. The molecule has 122 valence electrons. The first-order valence-corrected chi connectivity index (χ1v) is 7.37. The average molecular weight is 317 g/mol. The van der Waals surface area contributed by atoms with Crippen molar-refractivity contribution in [2.75, 3.05) is 0 Å². The Labute approximate surface area is 133 Å². The maximum Gasteiger partial charge on any atom is 0.326 e. The molecular weight excluding hydrogens is 298 g/mol. The van der Waals surface area contributed by atoms with Gasteiger partial charge in [-0.2, -0.15) is 4.98 Å². The summed E-state index contributed by atoms with van der Waals surface area (Å²) >= 11 is 0. The number of nitrogens with zero attached hydrogens (tertiary/aromatic N) is 2. The minimum absolute atomic E-state index is 0.0902. The van der Waals surface area contributed by atoms with Crippen LogP contribution < -0.4 is 5.32 Å². The van der Waals surface area contributed by atoms with E-state index in [1.54, 1.807) is 13.8 Å². The number of hydrogen-bond donors (Lipinski definition) is 2. The molecule has 0 aliphatic carbocycles. The molecule has 1 atom stereocenters. The normalized spacial score (nSPS) is 12.1. The Hall–Kier alpha value is -2.70. The smallest absolute Gasteiger partial charge is 0.326 e. The van der Waals surface area contributed by atoms with Crippen LogP contribution in [0.4, 0.5) is 0 Å². The van der Waals surface area contributed by atoms with Crippen molar-refractivity contribution in [1.29, 1.82) is 0 Å². The van der Waals surface area contributed by atoms with Crippen LogP contribution in [-0.2, 0) is 16.0 Å². The molecule has 1 unspecified atom stereocenters. The second kappa shape index (κ2) is 7.53. The van der Waals surface area contributed by atoms with Gasteiger partial charge in [-0.3, -0.25) is 4.79 Å². The molecule has 1 amide bonds. The molecule has 1 aromatic heterocycles. The van der Waals surface area contributed by atoms with Crippen molar-refractivity contribution in [1.82, 2.24) is 15.5 Å². The minimum atomic E-state index is -1.04. The first kappa shape index (κ1) is 16.7. The van der Waals surface area contributed by atoms with Gasteiger partial charge in [0.1, 0.15) is 6.04 Å². The standard InChI is InChI=1S/C16H19N3O4/c1-10(2)14(16(21)22)17-12(20)8-9-13-18-15(19-23-13)11-6-4-3-5-7-11/h3-7,10,14H,8-9H2,1-2H3,(H,17,20)(H,21,22). The van der Waals surface area contributed by atoms with Crippen LogP contribution in [0.5, 0.6) is 0 Å². The van der Waals surface area contributed by atoms with Gasteiger partial charge < -0.3 is 14.9 Å². The van der Waals surface area contributed by atoms with Crippen molar-refractivity contribution in [3.8, 4) is 11.4 Å². The van der Waals surface area contributed by atoms with Gasteiger partial charge in [0.25, 0.3) is 0 Å². The minimum Gasteiger partial charge on any atom is -0.480 e. The molecule has 0 saturated heterocycles. The van der Waals surface area contributed by atoms with Crippen molar-refractivity contribution >= 4 is 11.9 Å². The third-order valence-electron chi connectivity index (χ3n) is 3.32. The van der Waals surface area contributed by atoms with Gasteiger partial charge in [0.2, 0.25) is 17.6 Å². The van der Waals surface area contributed by atoms with Crippen molar-refractivity contribution in [3.63, 3.8) is 0 Å². The number of benzene rings is 1. The Morgan fingerprint density at radius 1 is 1.26 bits per heavy atom. The highest BCUT2D eigenvalue weighted by atomic mass is 16.5. The fourth-order valence-corrected chi connectivity index (χ4v) is 2.04. The van der Waals surface area contributed by atoms with E-state index in [9.17, 15) is 9.59 Å². The first-order valence-electron chi connectivity index (χ1n) is 7.37. The lowest BCUT2D eigenvalue weighted by molar-refractivity contribution is -0.143. The molecule has 2 N–H and O–H groups in total. The van der Waals surface area contributed by atoms with Crippen molar-refractivity contribution in [3.05, 3.63) is 36.2 Å². The van der Waals surface area contributed by atoms with E-state index in [-0.39, 0.29) is 24.7 Å². The monoisotopic (exact) mass is 317 g/mol. The predicted octanol–water partition coefficient (Wildman–Crippen LogP) is 1.89. The highest BCUT2D eigenvalue weighted by Crippen LogP contribution is 2.15. The summed E-state index contributed by atoms with van der Waals surface area (Å²) in [5.74, 6) is -0.783. The fourth-order valence-electron chi connectivity index (χ4n) is 2.04. The van der Waals surface area contributed by atoms with Crippen LogP contribution in [0.1, 0.15) is 26.2 Å². The van der Waals surface area contributed by atoms with Gasteiger partial charge in [0.05, 0.1) is 0 Å². The molecule has 2 aromatic rings.